The van der Waals surface area contributed by atoms with E-state index in [1.165, 1.54) is 19.3 Å². The van der Waals surface area contributed by atoms with E-state index in [0.717, 1.165) is 19.3 Å². The molecule has 1 amide bonds. The van der Waals surface area contributed by atoms with Gasteiger partial charge in [0.1, 0.15) is 0 Å². The molecule has 4 bridgehead atoms. The molecule has 4 fully saturated rings. The van der Waals surface area contributed by atoms with Gasteiger partial charge in [-0.25, -0.2) is 0 Å². The number of carbonyl (C=O) groups excluding carboxylic acids is 1. The third-order valence-electron chi connectivity index (χ3n) is 5.85. The predicted molar refractivity (Wildman–Crippen MR) is 89.4 cm³/mol. The van der Waals surface area contributed by atoms with Crippen molar-refractivity contribution in [2.75, 3.05) is 13.2 Å². The first-order valence-electron chi connectivity index (χ1n) is 9.27. The molecule has 25 heavy (non-hydrogen) atoms. The lowest BCUT2D eigenvalue weighted by molar-refractivity contribution is -0.229. The van der Waals surface area contributed by atoms with Gasteiger partial charge in [-0.3, -0.25) is 9.36 Å². The number of phosphoric ester groups is 1. The summed E-state index contributed by atoms with van der Waals surface area (Å²) in [5, 5.41) is 12.3. The second-order valence-electron chi connectivity index (χ2n) is 8.45. The van der Waals surface area contributed by atoms with Crippen LogP contribution in [-0.4, -0.2) is 36.4 Å². The van der Waals surface area contributed by atoms with Crippen molar-refractivity contribution in [1.29, 1.82) is 0 Å². The molecule has 8 heteroatoms. The molecule has 7 nitrogen and oxygen atoms in total. The highest BCUT2D eigenvalue weighted by atomic mass is 31.2. The molecule has 2 atom stereocenters. The SMILES string of the molecule is CC(C)OP(=O)([O-])OCC(CO)NC(=O)C12CC3CC(CC(C3)C1)C2. The normalized spacial score (nSPS) is 37.1. The van der Waals surface area contributed by atoms with Gasteiger partial charge in [0, 0.05) is 5.41 Å². The molecular formula is C17H29NO6P-. The van der Waals surface area contributed by atoms with Gasteiger partial charge in [-0.15, -0.1) is 0 Å². The van der Waals surface area contributed by atoms with Crippen LogP contribution in [-0.2, 0) is 18.4 Å². The molecule has 0 aromatic carbocycles. The van der Waals surface area contributed by atoms with Crippen molar-refractivity contribution in [3.8, 4) is 0 Å². The summed E-state index contributed by atoms with van der Waals surface area (Å²) < 4.78 is 21.2. The van der Waals surface area contributed by atoms with Crippen LogP contribution >= 0.6 is 7.82 Å². The number of hydrogen-bond acceptors (Lipinski definition) is 6. The van der Waals surface area contributed by atoms with Crippen LogP contribution in [0.15, 0.2) is 0 Å². The van der Waals surface area contributed by atoms with Gasteiger partial charge in [-0.05, 0) is 70.1 Å². The minimum atomic E-state index is -4.43. The van der Waals surface area contributed by atoms with E-state index in [1.807, 2.05) is 0 Å². The number of amides is 1. The topological polar surface area (TPSA) is 108 Å². The van der Waals surface area contributed by atoms with Crippen molar-refractivity contribution >= 4 is 13.7 Å². The number of hydrogen-bond donors (Lipinski definition) is 2. The third kappa shape index (κ3) is 4.45. The number of aliphatic hydroxyl groups is 1. The molecule has 0 aromatic rings. The average molecular weight is 374 g/mol. The molecule has 4 aliphatic carbocycles. The highest BCUT2D eigenvalue weighted by Gasteiger charge is 2.54. The lowest BCUT2D eigenvalue weighted by atomic mass is 9.49. The number of rotatable bonds is 8. The van der Waals surface area contributed by atoms with Crippen molar-refractivity contribution in [2.45, 2.75) is 64.5 Å². The Morgan fingerprint density at radius 3 is 2.20 bits per heavy atom. The van der Waals surface area contributed by atoms with E-state index in [2.05, 4.69) is 5.32 Å². The maximum Gasteiger partial charge on any atom is 0.268 e. The molecule has 0 heterocycles. The molecule has 0 aliphatic heterocycles. The summed E-state index contributed by atoms with van der Waals surface area (Å²) >= 11 is 0. The van der Waals surface area contributed by atoms with E-state index in [1.54, 1.807) is 13.8 Å². The van der Waals surface area contributed by atoms with E-state index in [0.29, 0.717) is 17.8 Å². The van der Waals surface area contributed by atoms with Gasteiger partial charge in [-0.1, -0.05) is 0 Å². The van der Waals surface area contributed by atoms with Crippen LogP contribution in [0.5, 0.6) is 0 Å². The van der Waals surface area contributed by atoms with E-state index in [9.17, 15) is 19.4 Å². The first kappa shape index (κ1) is 19.3. The van der Waals surface area contributed by atoms with Gasteiger partial charge >= 0.3 is 0 Å². The van der Waals surface area contributed by atoms with Crippen LogP contribution in [0.3, 0.4) is 0 Å². The van der Waals surface area contributed by atoms with Gasteiger partial charge in [-0.2, -0.15) is 0 Å². The Morgan fingerprint density at radius 2 is 1.76 bits per heavy atom. The summed E-state index contributed by atoms with van der Waals surface area (Å²) in [7, 11) is -4.43. The van der Waals surface area contributed by atoms with Gasteiger partial charge in [0.2, 0.25) is 5.91 Å². The zero-order chi connectivity index (χ0) is 18.2. The molecule has 0 radical (unpaired) electrons. The van der Waals surface area contributed by atoms with Crippen LogP contribution in [0, 0.1) is 23.2 Å². The monoisotopic (exact) mass is 374 g/mol. The van der Waals surface area contributed by atoms with Crippen LogP contribution in [0.25, 0.3) is 0 Å². The van der Waals surface area contributed by atoms with E-state index >= 15 is 0 Å². The fraction of sp³-hybridized carbons (Fsp3) is 0.941. The summed E-state index contributed by atoms with van der Waals surface area (Å²) in [6.45, 7) is 2.49. The van der Waals surface area contributed by atoms with Crippen molar-refractivity contribution in [2.24, 2.45) is 23.2 Å². The Kier molecular flexibility index (Phi) is 5.62. The number of carbonyl (C=O) groups is 1. The lowest BCUT2D eigenvalue weighted by Gasteiger charge is -2.55. The first-order valence-corrected chi connectivity index (χ1v) is 10.7. The molecule has 4 aliphatic rings. The maximum atomic E-state index is 12.9. The zero-order valence-electron chi connectivity index (χ0n) is 15.0. The van der Waals surface area contributed by atoms with Crippen LogP contribution < -0.4 is 10.2 Å². The Bertz CT molecular complexity index is 516. The second kappa shape index (κ2) is 7.28. The van der Waals surface area contributed by atoms with Crippen molar-refractivity contribution in [3.05, 3.63) is 0 Å². The van der Waals surface area contributed by atoms with E-state index in [-0.39, 0.29) is 24.5 Å². The quantitative estimate of drug-likeness (QED) is 0.625. The summed E-state index contributed by atoms with van der Waals surface area (Å²) in [6, 6.07) is -0.751. The minimum absolute atomic E-state index is 0.0558. The minimum Gasteiger partial charge on any atom is -0.756 e. The molecular weight excluding hydrogens is 345 g/mol. The van der Waals surface area contributed by atoms with Gasteiger partial charge < -0.3 is 24.4 Å². The summed E-state index contributed by atoms with van der Waals surface area (Å²) in [4.78, 5) is 24.6. The highest BCUT2D eigenvalue weighted by molar-refractivity contribution is 7.45. The fourth-order valence-corrected chi connectivity index (χ4v) is 6.28. The van der Waals surface area contributed by atoms with Crippen LogP contribution in [0.2, 0.25) is 0 Å². The summed E-state index contributed by atoms with van der Waals surface area (Å²) in [5.41, 5.74) is -0.336. The number of nitrogens with one attached hydrogen (secondary N) is 1. The zero-order valence-corrected chi connectivity index (χ0v) is 15.9. The predicted octanol–water partition coefficient (Wildman–Crippen LogP) is 1.59. The molecule has 2 unspecified atom stereocenters. The summed E-state index contributed by atoms with van der Waals surface area (Å²) in [5.74, 6) is 1.87. The van der Waals surface area contributed by atoms with Gasteiger partial charge in [0.05, 0.1) is 25.4 Å². The Hall–Kier alpha value is -0.460. The first-order chi connectivity index (χ1) is 11.7. The molecule has 0 spiro atoms. The number of phosphoric acid groups is 1. The molecule has 0 aromatic heterocycles. The molecule has 4 rings (SSSR count). The van der Waals surface area contributed by atoms with Crippen molar-refractivity contribution < 1.29 is 28.4 Å². The molecule has 2 N–H and O–H groups in total. The van der Waals surface area contributed by atoms with Crippen molar-refractivity contribution in [1.82, 2.24) is 5.32 Å². The van der Waals surface area contributed by atoms with E-state index < -0.39 is 20.0 Å². The molecule has 4 saturated carbocycles. The maximum absolute atomic E-state index is 12.9. The van der Waals surface area contributed by atoms with Crippen LogP contribution in [0.1, 0.15) is 52.4 Å². The standard InChI is InChI=1S/C17H30NO6P/c1-11(2)24-25(21,22)23-10-15(9-19)18-16(20)17-6-12-3-13(7-17)5-14(4-12)8-17/h11-15,19H,3-10H2,1-2H3,(H,18,20)(H,21,22)/p-1. The fourth-order valence-electron chi connectivity index (χ4n) is 5.34. The smallest absolute Gasteiger partial charge is 0.268 e. The van der Waals surface area contributed by atoms with Gasteiger partial charge in [0.25, 0.3) is 7.82 Å². The summed E-state index contributed by atoms with van der Waals surface area (Å²) in [6.07, 6.45) is 5.96. The molecule has 144 valence electrons. The van der Waals surface area contributed by atoms with Crippen LogP contribution in [0.4, 0.5) is 0 Å². The number of aliphatic hydroxyl groups excluding tert-OH is 1. The van der Waals surface area contributed by atoms with Crippen molar-refractivity contribution in [3.63, 3.8) is 0 Å². The Labute approximate surface area is 149 Å². The second-order valence-corrected chi connectivity index (χ2v) is 9.81. The largest absolute Gasteiger partial charge is 0.756 e. The molecule has 0 saturated heterocycles. The van der Waals surface area contributed by atoms with E-state index in [4.69, 9.17) is 9.05 Å². The Morgan fingerprint density at radius 1 is 1.24 bits per heavy atom. The average Bonchev–Trinajstić information content (AvgIpc) is 2.48. The lowest BCUT2D eigenvalue weighted by Crippen LogP contribution is -2.56. The third-order valence-corrected chi connectivity index (χ3v) is 6.99. The van der Waals surface area contributed by atoms with Gasteiger partial charge in [0.15, 0.2) is 0 Å². The Balaban J connectivity index is 1.57. The highest BCUT2D eigenvalue weighted by Crippen LogP contribution is 2.60.